The average Bonchev–Trinajstić information content (AvgIpc) is 3.29. The third-order valence-corrected chi connectivity index (χ3v) is 8.71. The van der Waals surface area contributed by atoms with E-state index in [1.165, 1.54) is 17.6 Å². The molecular formula is C33H43ClFN8O8P. The van der Waals surface area contributed by atoms with Gasteiger partial charge in [0.05, 0.1) is 17.9 Å². The van der Waals surface area contributed by atoms with Gasteiger partial charge >= 0.3 is 5.97 Å². The van der Waals surface area contributed by atoms with Crippen LogP contribution in [-0.4, -0.2) is 92.7 Å². The summed E-state index contributed by atoms with van der Waals surface area (Å²) in [7, 11) is -3.10. The number of aliphatic carboxylic acids is 1. The monoisotopic (exact) mass is 764 g/mol. The van der Waals surface area contributed by atoms with E-state index in [9.17, 15) is 28.1 Å². The highest BCUT2D eigenvalue weighted by Crippen LogP contribution is 2.42. The molecule has 282 valence electrons. The van der Waals surface area contributed by atoms with E-state index in [4.69, 9.17) is 38.5 Å². The van der Waals surface area contributed by atoms with Crippen LogP contribution in [0.4, 0.5) is 27.7 Å². The molecule has 3 amide bonds. The van der Waals surface area contributed by atoms with E-state index in [0.29, 0.717) is 35.9 Å². The number of carbonyl (C=O) groups excluding carboxylic acids is 3. The topological polar surface area (TPSA) is 230 Å². The van der Waals surface area contributed by atoms with Gasteiger partial charge in [-0.3, -0.25) is 28.6 Å². The van der Waals surface area contributed by atoms with Crippen molar-refractivity contribution < 1.29 is 42.9 Å². The van der Waals surface area contributed by atoms with Gasteiger partial charge in [-0.05, 0) is 77.5 Å². The van der Waals surface area contributed by atoms with Crippen molar-refractivity contribution in [2.24, 2.45) is 5.73 Å². The summed E-state index contributed by atoms with van der Waals surface area (Å²) in [5, 5.41) is 14.6. The first-order chi connectivity index (χ1) is 24.3. The molecule has 0 radical (unpaired) electrons. The Bertz CT molecular complexity index is 1800. The summed E-state index contributed by atoms with van der Waals surface area (Å²) in [6.07, 6.45) is 8.01. The molecule has 16 nitrogen and oxygen atoms in total. The van der Waals surface area contributed by atoms with Gasteiger partial charge < -0.3 is 31.1 Å². The fraction of sp³-hybridized carbons (Fsp3) is 0.485. The number of ether oxygens (including phenoxy) is 1. The minimum Gasteiger partial charge on any atom is -0.481 e. The molecule has 1 aromatic carbocycles. The molecule has 0 saturated carbocycles. The molecule has 6 N–H and O–H groups in total. The number of carboxylic acid groups (broad SMARTS) is 1. The van der Waals surface area contributed by atoms with Crippen molar-refractivity contribution in [2.45, 2.75) is 71.4 Å². The Labute approximate surface area is 305 Å². The van der Waals surface area contributed by atoms with Crippen LogP contribution in [0.15, 0.2) is 23.3 Å². The van der Waals surface area contributed by atoms with Crippen molar-refractivity contribution >= 4 is 65.9 Å². The maximum atomic E-state index is 14.7. The zero-order valence-electron chi connectivity index (χ0n) is 29.5. The minimum atomic E-state index is -3.10. The van der Waals surface area contributed by atoms with Gasteiger partial charge in [-0.2, -0.15) is 15.0 Å². The lowest BCUT2D eigenvalue weighted by Crippen LogP contribution is -2.39. The second-order valence-corrected chi connectivity index (χ2v) is 15.9. The van der Waals surface area contributed by atoms with Crippen LogP contribution in [0, 0.1) is 18.2 Å². The fourth-order valence-electron chi connectivity index (χ4n) is 5.09. The normalized spacial score (nSPS) is 16.9. The predicted molar refractivity (Wildman–Crippen MR) is 194 cm³/mol. The number of halogens is 2. The van der Waals surface area contributed by atoms with Gasteiger partial charge in [-0.1, -0.05) is 5.92 Å². The number of imide groups is 1. The van der Waals surface area contributed by atoms with Crippen molar-refractivity contribution in [2.75, 3.05) is 53.0 Å². The summed E-state index contributed by atoms with van der Waals surface area (Å²) in [4.78, 5) is 70.5. The van der Waals surface area contributed by atoms with Crippen molar-refractivity contribution in [3.63, 3.8) is 0 Å². The van der Waals surface area contributed by atoms with Crippen LogP contribution < -0.4 is 30.9 Å². The van der Waals surface area contributed by atoms with Gasteiger partial charge in [-0.25, -0.2) is 9.29 Å². The number of rotatable bonds is 9. The Morgan fingerprint density at radius 2 is 1.73 bits per heavy atom. The number of hydrogen-bond acceptors (Lipinski definition) is 12. The largest absolute Gasteiger partial charge is 0.481 e. The number of benzene rings is 1. The SMILES string of the molecule is C#CCN1C(=O)COc2cc(F)c(N3C(=O)C4=C(CCCC4)C3=O)cc21.CCNc1nc(Cl)nc(NC(C)(C)C)n1.CP(=O)(O)CCC(N)C(=O)O. The van der Waals surface area contributed by atoms with Crippen molar-refractivity contribution in [3.8, 4) is 18.1 Å². The molecule has 2 unspecified atom stereocenters. The van der Waals surface area contributed by atoms with Crippen molar-refractivity contribution in [1.29, 1.82) is 0 Å². The number of amides is 3. The summed E-state index contributed by atoms with van der Waals surface area (Å²) in [5.74, 6) is 0.240. The Morgan fingerprint density at radius 3 is 2.25 bits per heavy atom. The van der Waals surface area contributed by atoms with Crippen LogP contribution in [0.5, 0.6) is 5.75 Å². The number of terminal acetylenes is 1. The smallest absolute Gasteiger partial charge is 0.320 e. The van der Waals surface area contributed by atoms with Gasteiger partial charge in [0.15, 0.2) is 19.8 Å². The van der Waals surface area contributed by atoms with Crippen LogP contribution in [0.25, 0.3) is 0 Å². The Balaban J connectivity index is 0.000000238. The number of carboxylic acids is 1. The van der Waals surface area contributed by atoms with E-state index in [0.717, 1.165) is 30.4 Å². The van der Waals surface area contributed by atoms with Crippen LogP contribution in [0.2, 0.25) is 5.28 Å². The zero-order chi connectivity index (χ0) is 39.0. The molecule has 0 saturated heterocycles. The van der Waals surface area contributed by atoms with Crippen LogP contribution in [0.3, 0.4) is 0 Å². The standard InChI is InChI=1S/C19H15FN2O4.C9H16ClN5.C5H12NO4P/c1-2-7-21-15-9-14(13(20)8-16(15)26-10-17(21)23)22-18(24)11-5-3-4-6-12(11)19(22)25;1-5-11-7-12-6(10)13-8(14-7)15-9(2,3)4;1-11(9,10)3-2-4(6)5(7)8/h1,8-9H,3-7,10H2;5H2,1-4H3,(H2,11,12,13,14,15);4H,2-3,6H2,1H3,(H,7,8)(H,9,10). The lowest BCUT2D eigenvalue weighted by atomic mass is 9.93. The zero-order valence-corrected chi connectivity index (χ0v) is 31.2. The molecule has 1 aliphatic carbocycles. The van der Waals surface area contributed by atoms with E-state index >= 15 is 0 Å². The molecule has 0 spiro atoms. The first kappa shape index (κ1) is 41.8. The minimum absolute atomic E-state index is 0.0170. The molecule has 0 bridgehead atoms. The molecule has 52 heavy (non-hydrogen) atoms. The Kier molecular flexibility index (Phi) is 14.3. The number of carbonyl (C=O) groups is 4. The number of aromatic nitrogens is 3. The molecule has 1 aromatic heterocycles. The van der Waals surface area contributed by atoms with Gasteiger partial charge in [0.1, 0.15) is 11.8 Å². The molecule has 19 heteroatoms. The lowest BCUT2D eigenvalue weighted by molar-refractivity contribution is -0.138. The summed E-state index contributed by atoms with van der Waals surface area (Å²) < 4.78 is 30.6. The van der Waals surface area contributed by atoms with E-state index < -0.39 is 37.0 Å². The number of hydrogen-bond donors (Lipinski definition) is 5. The maximum absolute atomic E-state index is 14.7. The highest BCUT2D eigenvalue weighted by atomic mass is 35.5. The fourth-order valence-corrected chi connectivity index (χ4v) is 6.00. The summed E-state index contributed by atoms with van der Waals surface area (Å²) in [6.45, 7) is 9.71. The summed E-state index contributed by atoms with van der Waals surface area (Å²) in [6, 6.07) is 1.33. The van der Waals surface area contributed by atoms with Gasteiger partial charge in [0, 0.05) is 42.1 Å². The highest BCUT2D eigenvalue weighted by Gasteiger charge is 2.41. The number of nitrogens with two attached hydrogens (primary N) is 1. The van der Waals surface area contributed by atoms with Crippen molar-refractivity contribution in [3.05, 3.63) is 34.4 Å². The van der Waals surface area contributed by atoms with Crippen molar-refractivity contribution in [1.82, 2.24) is 15.0 Å². The molecule has 3 aliphatic rings. The van der Waals surface area contributed by atoms with E-state index in [1.807, 2.05) is 27.7 Å². The number of nitrogens with one attached hydrogen (secondary N) is 2. The lowest BCUT2D eigenvalue weighted by Gasteiger charge is -2.29. The molecule has 0 fully saturated rings. The van der Waals surface area contributed by atoms with Crippen LogP contribution >= 0.6 is 19.0 Å². The predicted octanol–water partition coefficient (Wildman–Crippen LogP) is 3.78. The molecule has 2 aliphatic heterocycles. The van der Waals surface area contributed by atoms with E-state index in [-0.39, 0.29) is 59.6 Å². The maximum Gasteiger partial charge on any atom is 0.320 e. The molecule has 3 heterocycles. The Morgan fingerprint density at radius 1 is 1.13 bits per heavy atom. The third kappa shape index (κ3) is 11.4. The second-order valence-electron chi connectivity index (χ2n) is 13.0. The van der Waals surface area contributed by atoms with E-state index in [1.54, 1.807) is 0 Å². The first-order valence-electron chi connectivity index (χ1n) is 16.3. The third-order valence-electron chi connectivity index (χ3n) is 7.45. The van der Waals surface area contributed by atoms with Gasteiger partial charge in [0.2, 0.25) is 17.2 Å². The highest BCUT2D eigenvalue weighted by molar-refractivity contribution is 7.57. The van der Waals surface area contributed by atoms with Crippen LogP contribution in [-0.2, 0) is 23.7 Å². The van der Waals surface area contributed by atoms with Gasteiger partial charge in [0.25, 0.3) is 17.7 Å². The average molecular weight is 765 g/mol. The molecule has 5 rings (SSSR count). The Hall–Kier alpha value is -4.62. The second kappa shape index (κ2) is 17.7. The molecule has 2 aromatic rings. The number of nitrogens with zero attached hydrogens (tertiary/aromatic N) is 5. The summed E-state index contributed by atoms with van der Waals surface area (Å²) in [5.41, 5.74) is 5.98. The molecule has 2 atom stereocenters. The van der Waals surface area contributed by atoms with Gasteiger partial charge in [-0.15, -0.1) is 6.42 Å². The number of fused-ring (bicyclic) bond motifs is 1. The quantitative estimate of drug-likeness (QED) is 0.139. The van der Waals surface area contributed by atoms with Crippen LogP contribution in [0.1, 0.15) is 59.8 Å². The van der Waals surface area contributed by atoms with E-state index in [2.05, 4.69) is 31.5 Å². The number of anilines is 4. The first-order valence-corrected chi connectivity index (χ1v) is 19.0. The molecular weight excluding hydrogens is 722 g/mol. The summed E-state index contributed by atoms with van der Waals surface area (Å²) >= 11 is 5.77.